The largest absolute Gasteiger partial charge is 0.448 e. The Hall–Kier alpha value is -6.17. The predicted molar refractivity (Wildman–Crippen MR) is 294 cm³/mol. The second-order valence-corrected chi connectivity index (χ2v) is 22.8. The molecule has 0 unspecified atom stereocenters. The van der Waals surface area contributed by atoms with Crippen molar-refractivity contribution in [2.45, 2.75) is 147 Å². The van der Waals surface area contributed by atoms with Gasteiger partial charge in [0.15, 0.2) is 0 Å². The zero-order chi connectivity index (χ0) is 55.5. The van der Waals surface area contributed by atoms with E-state index in [1.807, 2.05) is 92.9 Å². The van der Waals surface area contributed by atoms with Crippen molar-refractivity contribution in [2.24, 2.45) is 11.8 Å². The van der Waals surface area contributed by atoms with Crippen LogP contribution in [0.4, 0.5) is 9.59 Å². The molecule has 1 aromatic heterocycles. The Balaban J connectivity index is 1.16. The van der Waals surface area contributed by atoms with E-state index < -0.39 is 65.4 Å². The molecule has 0 saturated carbocycles. The molecule has 4 aromatic rings. The Labute approximate surface area is 453 Å². The number of ketones is 1. The van der Waals surface area contributed by atoms with E-state index in [1.165, 1.54) is 35.3 Å². The molecule has 1 fully saturated rings. The van der Waals surface area contributed by atoms with E-state index >= 15 is 0 Å². The van der Waals surface area contributed by atoms with Crippen LogP contribution in [0.15, 0.2) is 90.4 Å². The van der Waals surface area contributed by atoms with Gasteiger partial charge in [-0.3, -0.25) is 24.1 Å². The van der Waals surface area contributed by atoms with Crippen molar-refractivity contribution in [2.75, 3.05) is 48.0 Å². The zero-order valence-corrected chi connectivity index (χ0v) is 47.3. The number of ether oxygens (including phenoxy) is 4. The quantitative estimate of drug-likeness (QED) is 0.0682. The van der Waals surface area contributed by atoms with Gasteiger partial charge in [-0.25, -0.2) is 14.6 Å². The molecule has 0 bridgehead atoms. The van der Waals surface area contributed by atoms with Gasteiger partial charge in [0.25, 0.3) is 0 Å². The van der Waals surface area contributed by atoms with Gasteiger partial charge >= 0.3 is 12.2 Å². The minimum absolute atomic E-state index is 0.0316. The Morgan fingerprint density at radius 3 is 2.07 bits per heavy atom. The molecule has 3 aromatic carbocycles. The van der Waals surface area contributed by atoms with Crippen molar-refractivity contribution in [3.8, 4) is 11.1 Å². The molecule has 5 amide bonds. The van der Waals surface area contributed by atoms with E-state index in [0.29, 0.717) is 25.8 Å². The van der Waals surface area contributed by atoms with Crippen molar-refractivity contribution in [3.05, 3.63) is 112 Å². The number of likely N-dealkylation sites (N-methyl/N-ethyl adjacent to an activating group) is 2. The number of likely N-dealkylation sites (tertiary alicyclic amines) is 1. The number of benzene rings is 3. The van der Waals surface area contributed by atoms with E-state index in [0.717, 1.165) is 39.2 Å². The number of amides is 5. The summed E-state index contributed by atoms with van der Waals surface area (Å²) in [7, 11) is 6.15. The summed E-state index contributed by atoms with van der Waals surface area (Å²) in [5, 5.41) is 8.31. The maximum atomic E-state index is 15.0. The first-order valence-corrected chi connectivity index (χ1v) is 27.4. The number of alkyl carbamates (subject to hydrolysis) is 1. The monoisotopic (exact) mass is 1060 g/mol. The Morgan fingerprint density at radius 2 is 1.49 bits per heavy atom. The number of aromatic nitrogens is 1. The number of methoxy groups -OCH3 is 2. The van der Waals surface area contributed by atoms with Gasteiger partial charge in [0.2, 0.25) is 17.7 Å². The second kappa shape index (κ2) is 26.3. The van der Waals surface area contributed by atoms with Crippen LogP contribution >= 0.6 is 11.3 Å². The number of carbonyl (C=O) groups is 6. The van der Waals surface area contributed by atoms with Crippen molar-refractivity contribution in [1.29, 1.82) is 0 Å². The summed E-state index contributed by atoms with van der Waals surface area (Å²) in [6, 6.07) is 23.6. The summed E-state index contributed by atoms with van der Waals surface area (Å²) < 4.78 is 23.7. The molecule has 0 radical (unpaired) electrons. The van der Waals surface area contributed by atoms with Gasteiger partial charge in [-0.15, -0.1) is 11.3 Å². The maximum Gasteiger partial charge on any atom is 0.410 e. The molecule has 2 heterocycles. The van der Waals surface area contributed by atoms with Crippen LogP contribution in [0.3, 0.4) is 0 Å². The van der Waals surface area contributed by atoms with Gasteiger partial charge in [-0.1, -0.05) is 106 Å². The minimum Gasteiger partial charge on any atom is -0.448 e. The first kappa shape index (κ1) is 59.1. The maximum absolute atomic E-state index is 15.0. The fourth-order valence-electron chi connectivity index (χ4n) is 10.7. The number of fused-ring (bicyclic) bond motifs is 3. The average Bonchev–Trinajstić information content (AvgIpc) is 4.19. The zero-order valence-electron chi connectivity index (χ0n) is 46.5. The number of thiazole rings is 1. The molecule has 8 atom stereocenters. The van der Waals surface area contributed by atoms with Crippen LogP contribution in [0.25, 0.3) is 11.1 Å². The lowest BCUT2D eigenvalue weighted by atomic mass is 9.85. The van der Waals surface area contributed by atoms with Crippen LogP contribution in [0.1, 0.15) is 121 Å². The smallest absolute Gasteiger partial charge is 0.410 e. The van der Waals surface area contributed by atoms with Gasteiger partial charge in [0.05, 0.1) is 42.3 Å². The van der Waals surface area contributed by atoms with Gasteiger partial charge < -0.3 is 39.4 Å². The summed E-state index contributed by atoms with van der Waals surface area (Å²) in [6.07, 6.45) is 1.66. The molecular weight excluding hydrogens is 985 g/mol. The summed E-state index contributed by atoms with van der Waals surface area (Å²) in [5.74, 6) is -2.48. The Kier molecular flexibility index (Phi) is 20.4. The number of hydrogen-bond donors (Lipinski definition) is 2. The van der Waals surface area contributed by atoms with E-state index in [9.17, 15) is 28.8 Å². The van der Waals surface area contributed by atoms with Gasteiger partial charge in [0.1, 0.15) is 29.6 Å². The predicted octanol–water partition coefficient (Wildman–Crippen LogP) is 9.02. The van der Waals surface area contributed by atoms with Gasteiger partial charge in [-0.05, 0) is 87.6 Å². The molecule has 2 N–H and O–H groups in total. The van der Waals surface area contributed by atoms with Crippen LogP contribution in [0.5, 0.6) is 0 Å². The number of rotatable bonds is 24. The summed E-state index contributed by atoms with van der Waals surface area (Å²) in [4.78, 5) is 94.2. The Bertz CT molecular complexity index is 2560. The number of nitrogens with one attached hydrogen (secondary N) is 2. The van der Waals surface area contributed by atoms with Gasteiger partial charge in [-0.2, -0.15) is 0 Å². The van der Waals surface area contributed by atoms with Crippen LogP contribution in [0.2, 0.25) is 0 Å². The molecule has 6 rings (SSSR count). The molecule has 1 aliphatic heterocycles. The Morgan fingerprint density at radius 1 is 0.855 bits per heavy atom. The van der Waals surface area contributed by atoms with E-state index in [1.54, 1.807) is 59.9 Å². The van der Waals surface area contributed by atoms with E-state index in [2.05, 4.69) is 27.8 Å². The van der Waals surface area contributed by atoms with Crippen molar-refractivity contribution in [1.82, 2.24) is 30.3 Å². The molecule has 1 saturated heterocycles. The lowest BCUT2D eigenvalue weighted by molar-refractivity contribution is -0.147. The molecule has 1 aliphatic carbocycles. The van der Waals surface area contributed by atoms with Crippen molar-refractivity contribution in [3.63, 3.8) is 0 Å². The third-order valence-electron chi connectivity index (χ3n) is 15.4. The van der Waals surface area contributed by atoms with Crippen molar-refractivity contribution >= 4 is 47.0 Å². The highest BCUT2D eigenvalue weighted by molar-refractivity contribution is 7.09. The first-order chi connectivity index (χ1) is 36.1. The molecule has 17 heteroatoms. The highest BCUT2D eigenvalue weighted by Crippen LogP contribution is 2.44. The molecular formula is C59H80N6O10S. The van der Waals surface area contributed by atoms with Crippen LogP contribution in [0, 0.1) is 11.8 Å². The van der Waals surface area contributed by atoms with Crippen LogP contribution in [-0.4, -0.2) is 145 Å². The number of carbonyl (C=O) groups excluding carboxylic acids is 6. The molecule has 0 spiro atoms. The van der Waals surface area contributed by atoms with Crippen LogP contribution in [-0.2, 0) is 44.5 Å². The summed E-state index contributed by atoms with van der Waals surface area (Å²) in [5.41, 5.74) is 2.95. The second-order valence-electron chi connectivity index (χ2n) is 21.8. The third-order valence-corrected chi connectivity index (χ3v) is 16.3. The first-order valence-electron chi connectivity index (χ1n) is 26.6. The molecule has 16 nitrogen and oxygen atoms in total. The fourth-order valence-corrected chi connectivity index (χ4v) is 11.4. The standard InChI is InChI=1S/C59H80N6O10S/c1-13-37(2)51(49(72-11)34-50(67)65-30-21-28-47(65)52(73-12)38(3)48(66)33-40(53-60-29-31-76-53)32-39-22-15-14-16-23-39)63(9)54(68)46(35-61-56(70)75-58(4,5)6)62-55(69)59(7,8)64(10)57(71)74-36-45-43-26-19-17-24-41(43)42-25-18-20-27-44(42)45/h14-20,22-27,29,31,37-38,40,45-47,49,51-52H,13,21,28,30,32-36H2,1-12H3,(H,61,70)(H,62,69)/t37-,38-,40+,46-,47-,49+,51-,52+/m0/s1. The lowest BCUT2D eigenvalue weighted by Gasteiger charge is -2.41. The fraction of sp³-hybridized carbons (Fsp3) is 0.542. The SMILES string of the molecule is CC[C@H](C)[C@@H]([C@@H](CC(=O)N1CCC[C@H]1[C@H](OC)[C@@H](C)C(=O)C[C@@H](Cc1ccccc1)c1nccs1)OC)N(C)C(=O)[C@H](CNC(=O)OC(C)(C)C)NC(=O)C(C)(C)N(C)C(=O)OCC1c2ccccc2-c2ccccc21. The molecule has 76 heavy (non-hydrogen) atoms. The summed E-state index contributed by atoms with van der Waals surface area (Å²) >= 11 is 1.54. The van der Waals surface area contributed by atoms with E-state index in [4.69, 9.17) is 18.9 Å². The normalized spacial score (nSPS) is 17.2. The lowest BCUT2D eigenvalue weighted by Crippen LogP contribution is -2.63. The number of nitrogens with zero attached hydrogens (tertiary/aromatic N) is 4. The highest BCUT2D eigenvalue weighted by atomic mass is 32.1. The molecule has 2 aliphatic rings. The molecule has 412 valence electrons. The number of hydrogen-bond acceptors (Lipinski definition) is 12. The average molecular weight is 1070 g/mol. The third kappa shape index (κ3) is 14.2. The van der Waals surface area contributed by atoms with E-state index in [-0.39, 0.29) is 61.5 Å². The van der Waals surface area contributed by atoms with Crippen LogP contribution < -0.4 is 10.6 Å². The van der Waals surface area contributed by atoms with Crippen molar-refractivity contribution < 1.29 is 47.7 Å². The highest BCUT2D eigenvalue weighted by Gasteiger charge is 2.45. The topological polar surface area (TPSA) is 186 Å². The minimum atomic E-state index is -1.55. The number of Topliss-reactive ketones (excluding diaryl/α,β-unsaturated/α-hetero) is 1. The van der Waals surface area contributed by atoms with Gasteiger partial charge in [0, 0.05) is 70.6 Å². The summed E-state index contributed by atoms with van der Waals surface area (Å²) in [6.45, 7) is 14.2.